The Morgan fingerprint density at radius 1 is 1.25 bits per heavy atom. The Labute approximate surface area is 144 Å². The average Bonchev–Trinajstić information content (AvgIpc) is 3.23. The number of carbonyl (C=O) groups excluding carboxylic acids is 2. The quantitative estimate of drug-likeness (QED) is 0.810. The van der Waals surface area contributed by atoms with E-state index >= 15 is 0 Å². The summed E-state index contributed by atoms with van der Waals surface area (Å²) in [5, 5.41) is 2.95. The molecule has 0 aliphatic heterocycles. The number of amides is 2. The second kappa shape index (κ2) is 7.05. The third kappa shape index (κ3) is 4.14. The molecule has 0 spiro atoms. The number of thiophene rings is 1. The van der Waals surface area contributed by atoms with E-state index in [0.29, 0.717) is 11.7 Å². The van der Waals surface area contributed by atoms with Gasteiger partial charge in [0.2, 0.25) is 11.8 Å². The lowest BCUT2D eigenvalue weighted by atomic mass is 10.2. The fourth-order valence-electron chi connectivity index (χ4n) is 2.59. The topological polar surface area (TPSA) is 81.4 Å². The lowest BCUT2D eigenvalue weighted by Crippen LogP contribution is -2.15. The van der Waals surface area contributed by atoms with Crippen molar-refractivity contribution in [3.8, 4) is 5.75 Å². The zero-order valence-corrected chi connectivity index (χ0v) is 14.3. The van der Waals surface area contributed by atoms with Gasteiger partial charge in [0.05, 0.1) is 13.0 Å². The number of primary amides is 1. The number of hydrogen-bond acceptors (Lipinski definition) is 4. The first kappa shape index (κ1) is 16.5. The van der Waals surface area contributed by atoms with Crippen LogP contribution in [-0.2, 0) is 9.59 Å². The molecule has 1 saturated carbocycles. The number of ether oxygens (including phenoxy) is 1. The number of hydrogen-bond donors (Lipinski definition) is 2. The smallest absolute Gasteiger partial charge is 0.228 e. The predicted molar refractivity (Wildman–Crippen MR) is 94.3 cm³/mol. The van der Waals surface area contributed by atoms with Gasteiger partial charge in [-0.15, -0.1) is 11.3 Å². The van der Waals surface area contributed by atoms with Gasteiger partial charge in [-0.25, -0.2) is 0 Å². The van der Waals surface area contributed by atoms with Crippen molar-refractivity contribution in [2.24, 2.45) is 11.7 Å². The normalized spacial score (nSPS) is 18.9. The molecule has 24 heavy (non-hydrogen) atoms. The predicted octanol–water partition coefficient (Wildman–Crippen LogP) is 3.05. The number of rotatable bonds is 7. The Bertz CT molecular complexity index is 739. The highest BCUT2D eigenvalue weighted by molar-refractivity contribution is 7.12. The van der Waals surface area contributed by atoms with Crippen molar-refractivity contribution in [1.29, 1.82) is 0 Å². The molecule has 126 valence electrons. The van der Waals surface area contributed by atoms with Crippen molar-refractivity contribution < 1.29 is 14.3 Å². The molecule has 0 radical (unpaired) electrons. The molecule has 0 saturated heterocycles. The second-order valence-corrected chi connectivity index (χ2v) is 7.29. The van der Waals surface area contributed by atoms with E-state index in [4.69, 9.17) is 10.5 Å². The molecule has 1 aliphatic rings. The van der Waals surface area contributed by atoms with Crippen LogP contribution in [0.15, 0.2) is 36.4 Å². The molecule has 2 amide bonds. The van der Waals surface area contributed by atoms with Gasteiger partial charge in [-0.05, 0) is 49.7 Å². The maximum Gasteiger partial charge on any atom is 0.228 e. The van der Waals surface area contributed by atoms with Crippen molar-refractivity contribution in [1.82, 2.24) is 0 Å². The van der Waals surface area contributed by atoms with Crippen LogP contribution in [0.1, 0.15) is 28.5 Å². The molecular formula is C18H20N2O3S. The molecule has 6 heteroatoms. The van der Waals surface area contributed by atoms with Crippen LogP contribution in [0.2, 0.25) is 0 Å². The van der Waals surface area contributed by atoms with Crippen LogP contribution < -0.4 is 15.8 Å². The Kier molecular flexibility index (Phi) is 4.85. The molecule has 1 aromatic carbocycles. The Balaban J connectivity index is 1.49. The highest BCUT2D eigenvalue weighted by Gasteiger charge is 2.44. The minimum absolute atomic E-state index is 0.0634. The summed E-state index contributed by atoms with van der Waals surface area (Å²) in [7, 11) is 0. The van der Waals surface area contributed by atoms with E-state index in [1.54, 1.807) is 35.6 Å². The molecule has 3 rings (SSSR count). The van der Waals surface area contributed by atoms with Crippen molar-refractivity contribution in [3.63, 3.8) is 0 Å². The minimum atomic E-state index is -0.390. The zero-order chi connectivity index (χ0) is 17.1. The Hall–Kier alpha value is -2.34. The van der Waals surface area contributed by atoms with E-state index in [0.717, 1.165) is 12.1 Å². The van der Waals surface area contributed by atoms with E-state index in [1.165, 1.54) is 9.75 Å². The van der Waals surface area contributed by atoms with Crippen molar-refractivity contribution in [3.05, 3.63) is 46.2 Å². The highest BCUT2D eigenvalue weighted by Crippen LogP contribution is 2.50. The highest BCUT2D eigenvalue weighted by atomic mass is 32.1. The van der Waals surface area contributed by atoms with Gasteiger partial charge in [-0.2, -0.15) is 0 Å². The van der Waals surface area contributed by atoms with E-state index in [2.05, 4.69) is 24.4 Å². The molecular weight excluding hydrogens is 324 g/mol. The van der Waals surface area contributed by atoms with Crippen molar-refractivity contribution in [2.75, 3.05) is 11.9 Å². The number of nitrogens with two attached hydrogens (primary N) is 1. The van der Waals surface area contributed by atoms with Gasteiger partial charge >= 0.3 is 0 Å². The maximum atomic E-state index is 12.3. The fourth-order valence-corrected chi connectivity index (χ4v) is 3.65. The van der Waals surface area contributed by atoms with Gasteiger partial charge in [0.1, 0.15) is 5.75 Å². The lowest BCUT2D eigenvalue weighted by molar-refractivity contribution is -0.118. The first-order valence-electron chi connectivity index (χ1n) is 7.91. The molecule has 0 unspecified atom stereocenters. The summed E-state index contributed by atoms with van der Waals surface area (Å²) in [4.78, 5) is 25.5. The van der Waals surface area contributed by atoms with Crippen LogP contribution in [0.5, 0.6) is 5.75 Å². The molecule has 1 aromatic heterocycles. The van der Waals surface area contributed by atoms with E-state index in [1.807, 2.05) is 0 Å². The summed E-state index contributed by atoms with van der Waals surface area (Å²) in [6, 6.07) is 11.3. The molecule has 1 aliphatic carbocycles. The number of benzene rings is 1. The molecule has 1 heterocycles. The standard InChI is InChI=1S/C18H20N2O3S/c1-11-2-7-16(24-11)14-10-15(14)18(22)20-12-3-5-13(6-4-12)23-9-8-17(19)21/h2-7,14-15H,8-10H2,1H3,(H2,19,21)(H,20,22)/t14-,15+/m0/s1. The lowest BCUT2D eigenvalue weighted by Gasteiger charge is -2.07. The fraction of sp³-hybridized carbons (Fsp3) is 0.333. The monoisotopic (exact) mass is 344 g/mol. The van der Waals surface area contributed by atoms with Crippen LogP contribution >= 0.6 is 11.3 Å². The number of aryl methyl sites for hydroxylation is 1. The first-order chi connectivity index (χ1) is 11.5. The molecule has 5 nitrogen and oxygen atoms in total. The average molecular weight is 344 g/mol. The van der Waals surface area contributed by atoms with Gasteiger partial charge in [0.25, 0.3) is 0 Å². The van der Waals surface area contributed by atoms with Gasteiger partial charge in [-0.3, -0.25) is 9.59 Å². The molecule has 1 fully saturated rings. The van der Waals surface area contributed by atoms with E-state index < -0.39 is 0 Å². The number of anilines is 1. The Morgan fingerprint density at radius 2 is 2.00 bits per heavy atom. The maximum absolute atomic E-state index is 12.3. The number of carbonyl (C=O) groups is 2. The van der Waals surface area contributed by atoms with E-state index in [9.17, 15) is 9.59 Å². The van der Waals surface area contributed by atoms with Gasteiger partial charge in [-0.1, -0.05) is 0 Å². The SMILES string of the molecule is Cc1ccc([C@H]2C[C@H]2C(=O)Nc2ccc(OCCC(N)=O)cc2)s1. The Morgan fingerprint density at radius 3 is 2.62 bits per heavy atom. The van der Waals surface area contributed by atoms with Gasteiger partial charge in [0, 0.05) is 27.3 Å². The summed E-state index contributed by atoms with van der Waals surface area (Å²) in [6.07, 6.45) is 1.10. The first-order valence-corrected chi connectivity index (χ1v) is 8.73. The van der Waals surface area contributed by atoms with Crippen LogP contribution in [-0.4, -0.2) is 18.4 Å². The van der Waals surface area contributed by atoms with Crippen molar-refractivity contribution in [2.45, 2.75) is 25.7 Å². The summed E-state index contributed by atoms with van der Waals surface area (Å²) < 4.78 is 5.40. The van der Waals surface area contributed by atoms with E-state index in [-0.39, 0.29) is 30.8 Å². The largest absolute Gasteiger partial charge is 0.493 e. The third-order valence-electron chi connectivity index (χ3n) is 3.99. The summed E-state index contributed by atoms with van der Waals surface area (Å²) in [6.45, 7) is 2.34. The van der Waals surface area contributed by atoms with Crippen LogP contribution in [0.4, 0.5) is 5.69 Å². The summed E-state index contributed by atoms with van der Waals surface area (Å²) in [5.74, 6) is 0.745. The minimum Gasteiger partial charge on any atom is -0.493 e. The molecule has 2 aromatic rings. The second-order valence-electron chi connectivity index (χ2n) is 5.98. The van der Waals surface area contributed by atoms with Crippen LogP contribution in [0.25, 0.3) is 0 Å². The van der Waals surface area contributed by atoms with Crippen LogP contribution in [0, 0.1) is 12.8 Å². The van der Waals surface area contributed by atoms with Gasteiger partial charge in [0.15, 0.2) is 0 Å². The molecule has 0 bridgehead atoms. The summed E-state index contributed by atoms with van der Waals surface area (Å²) in [5.41, 5.74) is 5.80. The number of nitrogens with one attached hydrogen (secondary N) is 1. The third-order valence-corrected chi connectivity index (χ3v) is 5.13. The summed E-state index contributed by atoms with van der Waals surface area (Å²) >= 11 is 1.77. The van der Waals surface area contributed by atoms with Gasteiger partial charge < -0.3 is 15.8 Å². The van der Waals surface area contributed by atoms with Crippen LogP contribution in [0.3, 0.4) is 0 Å². The van der Waals surface area contributed by atoms with Crippen molar-refractivity contribution >= 4 is 28.8 Å². The molecule has 3 N–H and O–H groups in total. The molecule has 2 atom stereocenters. The zero-order valence-electron chi connectivity index (χ0n) is 13.5.